The SMILES string of the molecule is C1=CC(C2=CCC(N(c3ccc(-c4ccc(-c5ccccc5)cc4)cc3)c3cccc4oc5ccccc5c34)C=C2)C2Oc3ccccc3C2=C1. The number of hydrogen-bond acceptors (Lipinski definition) is 3. The van der Waals surface area contributed by atoms with E-state index in [1.807, 2.05) is 6.07 Å². The number of nitrogens with zero attached hydrogens (tertiary/aromatic N) is 1. The number of para-hydroxylation sites is 2. The molecular weight excluding hydrogens is 623 g/mol. The number of fused-ring (bicyclic) bond motifs is 6. The summed E-state index contributed by atoms with van der Waals surface area (Å²) in [7, 11) is 0. The molecule has 3 heteroatoms. The minimum Gasteiger partial charge on any atom is -0.484 e. The van der Waals surface area contributed by atoms with Gasteiger partial charge in [0, 0.05) is 28.1 Å². The molecule has 0 saturated carbocycles. The molecule has 3 atom stereocenters. The van der Waals surface area contributed by atoms with E-state index in [9.17, 15) is 0 Å². The molecule has 0 bridgehead atoms. The molecule has 2 heterocycles. The van der Waals surface area contributed by atoms with Gasteiger partial charge in [-0.05, 0) is 70.6 Å². The Bertz CT molecular complexity index is 2530. The molecule has 0 amide bonds. The lowest BCUT2D eigenvalue weighted by Crippen LogP contribution is -2.32. The van der Waals surface area contributed by atoms with Crippen molar-refractivity contribution in [2.45, 2.75) is 18.6 Å². The van der Waals surface area contributed by atoms with Crippen LogP contribution in [0.3, 0.4) is 0 Å². The van der Waals surface area contributed by atoms with Gasteiger partial charge in [0.1, 0.15) is 23.0 Å². The van der Waals surface area contributed by atoms with Gasteiger partial charge >= 0.3 is 0 Å². The Morgan fingerprint density at radius 2 is 1.27 bits per heavy atom. The zero-order valence-corrected chi connectivity index (χ0v) is 28.0. The molecule has 0 radical (unpaired) electrons. The minimum absolute atomic E-state index is 0.00343. The lowest BCUT2D eigenvalue weighted by atomic mass is 9.81. The van der Waals surface area contributed by atoms with E-state index in [-0.39, 0.29) is 18.1 Å². The Hall–Kier alpha value is -6.32. The molecule has 0 N–H and O–H groups in total. The molecule has 7 aromatic rings. The molecular formula is C48H35NO2. The molecule has 3 nitrogen and oxygen atoms in total. The average Bonchev–Trinajstić information content (AvgIpc) is 3.78. The van der Waals surface area contributed by atoms with Crippen molar-refractivity contribution in [3.63, 3.8) is 0 Å². The lowest BCUT2D eigenvalue weighted by molar-refractivity contribution is 0.244. The first-order valence-corrected chi connectivity index (χ1v) is 17.8. The summed E-state index contributed by atoms with van der Waals surface area (Å²) in [6, 6.07) is 51.7. The standard InChI is InChI=1S/C48H35NO2/c1-2-10-32(11-3-1)33-20-22-34(23-21-33)35-24-28-37(29-25-35)49(43-16-9-19-46-47(43)42-13-5-7-18-45(42)50-46)38-30-26-36(27-31-38)39-14-8-15-41-40-12-4-6-17-44(40)51-48(39)41/h1-30,38-39,48H,31H2. The van der Waals surface area contributed by atoms with Crippen molar-refractivity contribution in [1.82, 2.24) is 0 Å². The Kier molecular flexibility index (Phi) is 7.09. The number of rotatable bonds is 6. The van der Waals surface area contributed by atoms with E-state index in [1.165, 1.54) is 39.0 Å². The molecule has 1 aliphatic heterocycles. The zero-order chi connectivity index (χ0) is 33.7. The molecule has 51 heavy (non-hydrogen) atoms. The molecule has 1 aromatic heterocycles. The van der Waals surface area contributed by atoms with Gasteiger partial charge in [-0.3, -0.25) is 0 Å². The van der Waals surface area contributed by atoms with E-state index < -0.39 is 0 Å². The maximum atomic E-state index is 6.53. The van der Waals surface area contributed by atoms with Gasteiger partial charge < -0.3 is 14.1 Å². The van der Waals surface area contributed by atoms with E-state index in [4.69, 9.17) is 9.15 Å². The first-order valence-electron chi connectivity index (χ1n) is 17.8. The highest BCUT2D eigenvalue weighted by Gasteiger charge is 2.37. The third-order valence-corrected chi connectivity index (χ3v) is 10.6. The fraction of sp³-hybridized carbons (Fsp3) is 0.0833. The van der Waals surface area contributed by atoms with Crippen molar-refractivity contribution in [2.24, 2.45) is 5.92 Å². The van der Waals surface area contributed by atoms with Crippen molar-refractivity contribution >= 4 is 38.9 Å². The van der Waals surface area contributed by atoms with Crippen molar-refractivity contribution in [2.75, 3.05) is 4.90 Å². The summed E-state index contributed by atoms with van der Waals surface area (Å²) in [5, 5.41) is 2.27. The van der Waals surface area contributed by atoms with Gasteiger partial charge in [-0.1, -0.05) is 146 Å². The monoisotopic (exact) mass is 657 g/mol. The first-order chi connectivity index (χ1) is 25.3. The van der Waals surface area contributed by atoms with Gasteiger partial charge in [0.15, 0.2) is 0 Å². The van der Waals surface area contributed by atoms with Crippen molar-refractivity contribution in [3.8, 4) is 28.0 Å². The maximum Gasteiger partial charge on any atom is 0.137 e. The smallest absolute Gasteiger partial charge is 0.137 e. The highest BCUT2D eigenvalue weighted by atomic mass is 16.5. The van der Waals surface area contributed by atoms with Crippen molar-refractivity contribution in [1.29, 1.82) is 0 Å². The summed E-state index contributed by atoms with van der Waals surface area (Å²) in [5.74, 6) is 1.14. The van der Waals surface area contributed by atoms with Crippen LogP contribution in [0.4, 0.5) is 11.4 Å². The van der Waals surface area contributed by atoms with Gasteiger partial charge in [0.05, 0.1) is 17.1 Å². The molecule has 3 unspecified atom stereocenters. The fourth-order valence-corrected chi connectivity index (χ4v) is 8.11. The summed E-state index contributed by atoms with van der Waals surface area (Å²) < 4.78 is 12.9. The Morgan fingerprint density at radius 1 is 0.588 bits per heavy atom. The average molecular weight is 658 g/mol. The molecule has 10 rings (SSSR count). The Morgan fingerprint density at radius 3 is 2.06 bits per heavy atom. The van der Waals surface area contributed by atoms with E-state index in [0.717, 1.165) is 45.5 Å². The van der Waals surface area contributed by atoms with Gasteiger partial charge in [-0.15, -0.1) is 0 Å². The number of ether oxygens (including phenoxy) is 1. The summed E-state index contributed by atoms with van der Waals surface area (Å²) >= 11 is 0. The number of furan rings is 1. The van der Waals surface area contributed by atoms with Crippen LogP contribution in [0, 0.1) is 5.92 Å². The highest BCUT2D eigenvalue weighted by Crippen LogP contribution is 2.46. The van der Waals surface area contributed by atoms with Crippen LogP contribution in [-0.4, -0.2) is 12.1 Å². The molecule has 0 saturated heterocycles. The Balaban J connectivity index is 0.999. The van der Waals surface area contributed by atoms with Gasteiger partial charge in [-0.25, -0.2) is 0 Å². The zero-order valence-electron chi connectivity index (χ0n) is 28.0. The van der Waals surface area contributed by atoms with Crippen LogP contribution in [0.25, 0.3) is 49.8 Å². The number of benzene rings is 6. The van der Waals surface area contributed by atoms with Crippen molar-refractivity contribution in [3.05, 3.63) is 193 Å². The van der Waals surface area contributed by atoms with E-state index in [0.29, 0.717) is 0 Å². The number of allylic oxidation sites excluding steroid dienone is 3. The molecule has 6 aromatic carbocycles. The largest absolute Gasteiger partial charge is 0.484 e. The second-order valence-electron chi connectivity index (χ2n) is 13.5. The topological polar surface area (TPSA) is 25.6 Å². The molecule has 0 spiro atoms. The predicted molar refractivity (Wildman–Crippen MR) is 210 cm³/mol. The van der Waals surface area contributed by atoms with E-state index >= 15 is 0 Å². The number of hydrogen-bond donors (Lipinski definition) is 0. The van der Waals surface area contributed by atoms with E-state index in [1.54, 1.807) is 0 Å². The third kappa shape index (κ3) is 5.13. The molecule has 3 aliphatic rings. The summed E-state index contributed by atoms with van der Waals surface area (Å²) in [6.45, 7) is 0. The third-order valence-electron chi connectivity index (χ3n) is 10.6. The first kappa shape index (κ1) is 29.6. The molecule has 244 valence electrons. The Labute approximate surface area is 297 Å². The van der Waals surface area contributed by atoms with Crippen LogP contribution in [-0.2, 0) is 0 Å². The maximum absolute atomic E-state index is 6.53. The van der Waals surface area contributed by atoms with Crippen LogP contribution < -0.4 is 9.64 Å². The fourth-order valence-electron chi connectivity index (χ4n) is 8.11. The van der Waals surface area contributed by atoms with Crippen LogP contribution in [0.5, 0.6) is 5.75 Å². The van der Waals surface area contributed by atoms with Crippen LogP contribution in [0.1, 0.15) is 12.0 Å². The lowest BCUT2D eigenvalue weighted by Gasteiger charge is -2.35. The quantitative estimate of drug-likeness (QED) is 0.178. The van der Waals surface area contributed by atoms with Crippen LogP contribution >= 0.6 is 0 Å². The number of anilines is 2. The minimum atomic E-state index is -0.00343. The van der Waals surface area contributed by atoms with Crippen molar-refractivity contribution < 1.29 is 9.15 Å². The van der Waals surface area contributed by atoms with Crippen LogP contribution in [0.2, 0.25) is 0 Å². The van der Waals surface area contributed by atoms with Gasteiger partial charge in [0.25, 0.3) is 0 Å². The predicted octanol–water partition coefficient (Wildman–Crippen LogP) is 12.3. The molecule has 2 aliphatic carbocycles. The summed E-state index contributed by atoms with van der Waals surface area (Å²) in [4.78, 5) is 2.49. The molecule has 0 fully saturated rings. The second kappa shape index (κ2) is 12.2. The second-order valence-corrected chi connectivity index (χ2v) is 13.5. The van der Waals surface area contributed by atoms with E-state index in [2.05, 4.69) is 181 Å². The highest BCUT2D eigenvalue weighted by molar-refractivity contribution is 6.12. The van der Waals surface area contributed by atoms with Crippen LogP contribution in [0.15, 0.2) is 192 Å². The van der Waals surface area contributed by atoms with Gasteiger partial charge in [-0.2, -0.15) is 0 Å². The normalized spacial score (nSPS) is 18.9. The summed E-state index contributed by atoms with van der Waals surface area (Å²) in [5.41, 5.74) is 12.7. The summed E-state index contributed by atoms with van der Waals surface area (Å²) in [6.07, 6.45) is 14.7. The van der Waals surface area contributed by atoms with Gasteiger partial charge in [0.2, 0.25) is 0 Å².